The van der Waals surface area contributed by atoms with Gasteiger partial charge in [0.25, 0.3) is 0 Å². The zero-order chi connectivity index (χ0) is 11.4. The third-order valence-corrected chi connectivity index (χ3v) is 2.38. The number of para-hydroxylation sites is 1. The number of benzene rings is 1. The third-order valence-electron chi connectivity index (χ3n) is 2.38. The van der Waals surface area contributed by atoms with Gasteiger partial charge in [0.15, 0.2) is 0 Å². The molecule has 0 spiro atoms. The Morgan fingerprint density at radius 1 is 1.19 bits per heavy atom. The lowest BCUT2D eigenvalue weighted by Crippen LogP contribution is -2.02. The fourth-order valence-electron chi connectivity index (χ4n) is 1.59. The van der Waals surface area contributed by atoms with Gasteiger partial charge in [-0.3, -0.25) is 0 Å². The van der Waals surface area contributed by atoms with Crippen LogP contribution >= 0.6 is 0 Å². The van der Waals surface area contributed by atoms with Gasteiger partial charge < -0.3 is 4.74 Å². The van der Waals surface area contributed by atoms with Crippen LogP contribution in [0.15, 0.2) is 36.4 Å². The molecule has 0 aliphatic rings. The maximum absolute atomic E-state index is 5.57. The van der Waals surface area contributed by atoms with Gasteiger partial charge in [0.1, 0.15) is 0 Å². The second kappa shape index (κ2) is 4.84. The molecule has 84 valence electrons. The molecule has 0 saturated heterocycles. The summed E-state index contributed by atoms with van der Waals surface area (Å²) in [5.41, 5.74) is 2.08. The van der Waals surface area contributed by atoms with Crippen LogP contribution < -0.4 is 4.74 Å². The number of ether oxygens (including phenoxy) is 1. The molecule has 0 unspecified atom stereocenters. The third kappa shape index (κ3) is 2.08. The Balaban J connectivity index is 2.42. The number of hydrogen-bond acceptors (Lipinski definition) is 2. The fraction of sp³-hybridized carbons (Fsp3) is 0.308. The highest BCUT2D eigenvalue weighted by Gasteiger charge is 2.08. The summed E-state index contributed by atoms with van der Waals surface area (Å²) in [6.45, 7) is 4.73. The molecule has 0 saturated carbocycles. The molecule has 16 heavy (non-hydrogen) atoms. The molecule has 0 N–H and O–H groups in total. The number of rotatable bonds is 4. The molecular weight excluding hydrogens is 200 g/mol. The van der Waals surface area contributed by atoms with Crippen molar-refractivity contribution >= 4 is 0 Å². The molecule has 3 nitrogen and oxygen atoms in total. The van der Waals surface area contributed by atoms with E-state index >= 15 is 0 Å². The minimum absolute atomic E-state index is 0.654. The quantitative estimate of drug-likeness (QED) is 0.785. The van der Waals surface area contributed by atoms with E-state index in [0.717, 1.165) is 23.7 Å². The van der Waals surface area contributed by atoms with Gasteiger partial charge in [0, 0.05) is 6.07 Å². The van der Waals surface area contributed by atoms with Gasteiger partial charge >= 0.3 is 0 Å². The summed E-state index contributed by atoms with van der Waals surface area (Å²) in [5.74, 6) is 0.811. The Morgan fingerprint density at radius 2 is 1.94 bits per heavy atom. The zero-order valence-corrected chi connectivity index (χ0v) is 9.68. The van der Waals surface area contributed by atoms with Crippen molar-refractivity contribution in [2.24, 2.45) is 0 Å². The molecule has 0 amide bonds. The molecule has 0 radical (unpaired) electrons. The van der Waals surface area contributed by atoms with E-state index in [1.165, 1.54) is 0 Å². The fourth-order valence-corrected chi connectivity index (χ4v) is 1.59. The Hall–Kier alpha value is -1.77. The van der Waals surface area contributed by atoms with Crippen LogP contribution in [-0.2, 0) is 6.42 Å². The predicted octanol–water partition coefficient (Wildman–Crippen LogP) is 2.83. The SMILES string of the molecule is CCOc1cc(CC)nn1-c1ccccc1. The molecule has 2 rings (SSSR count). The van der Waals surface area contributed by atoms with Crippen molar-refractivity contribution in [3.05, 3.63) is 42.1 Å². The average Bonchev–Trinajstić information content (AvgIpc) is 2.74. The van der Waals surface area contributed by atoms with E-state index in [-0.39, 0.29) is 0 Å². The van der Waals surface area contributed by atoms with Crippen molar-refractivity contribution in [2.45, 2.75) is 20.3 Å². The van der Waals surface area contributed by atoms with Gasteiger partial charge in [-0.25, -0.2) is 4.68 Å². The molecule has 0 aliphatic carbocycles. The van der Waals surface area contributed by atoms with Crippen LogP contribution in [0.2, 0.25) is 0 Å². The maximum atomic E-state index is 5.57. The summed E-state index contributed by atoms with van der Waals surface area (Å²) < 4.78 is 7.42. The highest BCUT2D eigenvalue weighted by molar-refractivity contribution is 5.35. The molecule has 3 heteroatoms. The van der Waals surface area contributed by atoms with Crippen LogP contribution in [0.25, 0.3) is 5.69 Å². The number of hydrogen-bond donors (Lipinski definition) is 0. The Kier molecular flexibility index (Phi) is 3.25. The molecule has 1 aromatic heterocycles. The van der Waals surface area contributed by atoms with E-state index in [0.29, 0.717) is 6.61 Å². The van der Waals surface area contributed by atoms with Gasteiger partial charge in [-0.1, -0.05) is 25.1 Å². The van der Waals surface area contributed by atoms with E-state index in [2.05, 4.69) is 12.0 Å². The van der Waals surface area contributed by atoms with Gasteiger partial charge in [0.05, 0.1) is 18.0 Å². The van der Waals surface area contributed by atoms with E-state index in [9.17, 15) is 0 Å². The zero-order valence-electron chi connectivity index (χ0n) is 9.68. The van der Waals surface area contributed by atoms with Gasteiger partial charge in [-0.05, 0) is 25.5 Å². The highest BCUT2D eigenvalue weighted by atomic mass is 16.5. The minimum atomic E-state index is 0.654. The predicted molar refractivity (Wildman–Crippen MR) is 64.1 cm³/mol. The van der Waals surface area contributed by atoms with Crippen molar-refractivity contribution in [1.82, 2.24) is 9.78 Å². The minimum Gasteiger partial charge on any atom is -0.478 e. The van der Waals surface area contributed by atoms with Crippen molar-refractivity contribution in [2.75, 3.05) is 6.61 Å². The summed E-state index contributed by atoms with van der Waals surface area (Å²) in [5, 5.41) is 4.51. The van der Waals surface area contributed by atoms with Crippen LogP contribution in [-0.4, -0.2) is 16.4 Å². The first-order chi connectivity index (χ1) is 7.85. The monoisotopic (exact) mass is 216 g/mol. The van der Waals surface area contributed by atoms with E-state index in [1.54, 1.807) is 0 Å². The van der Waals surface area contributed by atoms with E-state index in [1.807, 2.05) is 48.0 Å². The van der Waals surface area contributed by atoms with Crippen LogP contribution in [0.3, 0.4) is 0 Å². The standard InChI is InChI=1S/C13H16N2O/c1-3-11-10-13(16-4-2)15(14-11)12-8-6-5-7-9-12/h5-10H,3-4H2,1-2H3. The molecule has 0 aliphatic heterocycles. The van der Waals surface area contributed by atoms with Crippen LogP contribution in [0.1, 0.15) is 19.5 Å². The summed E-state index contributed by atoms with van der Waals surface area (Å²) in [6.07, 6.45) is 0.917. The topological polar surface area (TPSA) is 27.1 Å². The second-order valence-corrected chi connectivity index (χ2v) is 3.51. The van der Waals surface area contributed by atoms with Crippen molar-refractivity contribution in [3.8, 4) is 11.6 Å². The lowest BCUT2D eigenvalue weighted by Gasteiger charge is -2.06. The van der Waals surface area contributed by atoms with Crippen LogP contribution in [0.4, 0.5) is 0 Å². The Labute approximate surface area is 95.7 Å². The largest absolute Gasteiger partial charge is 0.478 e. The lowest BCUT2D eigenvalue weighted by atomic mass is 10.3. The lowest BCUT2D eigenvalue weighted by molar-refractivity contribution is 0.316. The molecule has 0 bridgehead atoms. The number of aromatic nitrogens is 2. The van der Waals surface area contributed by atoms with Crippen LogP contribution in [0, 0.1) is 0 Å². The molecular formula is C13H16N2O. The van der Waals surface area contributed by atoms with E-state index in [4.69, 9.17) is 4.74 Å². The van der Waals surface area contributed by atoms with Crippen molar-refractivity contribution in [3.63, 3.8) is 0 Å². The summed E-state index contributed by atoms with van der Waals surface area (Å²) in [6, 6.07) is 12.0. The highest BCUT2D eigenvalue weighted by Crippen LogP contribution is 2.19. The number of aryl methyl sites for hydroxylation is 1. The second-order valence-electron chi connectivity index (χ2n) is 3.51. The van der Waals surface area contributed by atoms with Gasteiger partial charge in [0.2, 0.25) is 5.88 Å². The maximum Gasteiger partial charge on any atom is 0.216 e. The summed E-state index contributed by atoms with van der Waals surface area (Å²) in [7, 11) is 0. The Bertz CT molecular complexity index is 448. The summed E-state index contributed by atoms with van der Waals surface area (Å²) in [4.78, 5) is 0. The van der Waals surface area contributed by atoms with E-state index < -0.39 is 0 Å². The molecule has 0 fully saturated rings. The Morgan fingerprint density at radius 3 is 2.56 bits per heavy atom. The molecule has 1 heterocycles. The first-order valence-electron chi connectivity index (χ1n) is 5.62. The molecule has 1 aromatic carbocycles. The first kappa shape index (κ1) is 10.7. The average molecular weight is 216 g/mol. The van der Waals surface area contributed by atoms with Crippen molar-refractivity contribution < 1.29 is 4.74 Å². The normalized spacial score (nSPS) is 10.4. The van der Waals surface area contributed by atoms with Gasteiger partial charge in [-0.15, -0.1) is 0 Å². The summed E-state index contributed by atoms with van der Waals surface area (Å²) >= 11 is 0. The van der Waals surface area contributed by atoms with Crippen LogP contribution in [0.5, 0.6) is 5.88 Å². The molecule has 2 aromatic rings. The first-order valence-corrected chi connectivity index (χ1v) is 5.62. The molecule has 0 atom stereocenters. The van der Waals surface area contributed by atoms with Gasteiger partial charge in [-0.2, -0.15) is 5.10 Å². The number of nitrogens with zero attached hydrogens (tertiary/aromatic N) is 2. The smallest absolute Gasteiger partial charge is 0.216 e. The van der Waals surface area contributed by atoms with Crippen molar-refractivity contribution in [1.29, 1.82) is 0 Å².